The summed E-state index contributed by atoms with van der Waals surface area (Å²) in [6.07, 6.45) is -0.681. The maximum atomic E-state index is 12.7. The topological polar surface area (TPSA) is 15.3 Å². The molecule has 1 aliphatic rings. The van der Waals surface area contributed by atoms with Crippen LogP contribution in [-0.2, 0) is 0 Å². The van der Waals surface area contributed by atoms with E-state index in [4.69, 9.17) is 0 Å². The standard InChI is InChI=1S/C6H13FN2/c1-9(2)6-4-8-3-5(6)7/h5-6,8H,3-4H2,1-2H3/t5-,6-/m0/s1. The van der Waals surface area contributed by atoms with Crippen molar-refractivity contribution in [3.63, 3.8) is 0 Å². The van der Waals surface area contributed by atoms with Gasteiger partial charge in [0, 0.05) is 13.1 Å². The highest BCUT2D eigenvalue weighted by Gasteiger charge is 2.27. The van der Waals surface area contributed by atoms with Crippen molar-refractivity contribution in [1.29, 1.82) is 0 Å². The Hall–Kier alpha value is -0.150. The van der Waals surface area contributed by atoms with Crippen molar-refractivity contribution in [2.75, 3.05) is 27.2 Å². The molecule has 0 radical (unpaired) electrons. The number of hydrogen-bond donors (Lipinski definition) is 1. The third-order valence-electron chi connectivity index (χ3n) is 1.77. The fourth-order valence-electron chi connectivity index (χ4n) is 1.14. The average molecular weight is 132 g/mol. The van der Waals surface area contributed by atoms with Gasteiger partial charge in [-0.15, -0.1) is 0 Å². The molecule has 0 saturated carbocycles. The van der Waals surface area contributed by atoms with E-state index in [1.165, 1.54) is 0 Å². The lowest BCUT2D eigenvalue weighted by molar-refractivity contribution is 0.202. The molecule has 0 amide bonds. The van der Waals surface area contributed by atoms with Crippen LogP contribution in [0.15, 0.2) is 0 Å². The first-order valence-electron chi connectivity index (χ1n) is 3.23. The molecule has 0 aromatic heterocycles. The molecule has 2 nitrogen and oxygen atoms in total. The predicted octanol–water partition coefficient (Wildman–Crippen LogP) is -0.142. The van der Waals surface area contributed by atoms with Gasteiger partial charge in [0.05, 0.1) is 6.04 Å². The molecule has 0 aliphatic carbocycles. The minimum Gasteiger partial charge on any atom is -0.312 e. The summed E-state index contributed by atoms with van der Waals surface area (Å²) < 4.78 is 12.7. The van der Waals surface area contributed by atoms with Gasteiger partial charge >= 0.3 is 0 Å². The summed E-state index contributed by atoms with van der Waals surface area (Å²) in [5, 5.41) is 2.99. The molecule has 0 unspecified atom stereocenters. The Bertz CT molecular complexity index is 95.1. The molecule has 1 fully saturated rings. The third kappa shape index (κ3) is 1.40. The van der Waals surface area contributed by atoms with Gasteiger partial charge in [-0.3, -0.25) is 0 Å². The second-order valence-corrected chi connectivity index (χ2v) is 2.71. The molecule has 0 bridgehead atoms. The Morgan fingerprint density at radius 3 is 2.33 bits per heavy atom. The van der Waals surface area contributed by atoms with Crippen LogP contribution in [-0.4, -0.2) is 44.3 Å². The van der Waals surface area contributed by atoms with Crippen molar-refractivity contribution in [2.45, 2.75) is 12.2 Å². The van der Waals surface area contributed by atoms with Crippen LogP contribution in [0.3, 0.4) is 0 Å². The SMILES string of the molecule is CN(C)[C@H]1CNC[C@@H]1F. The van der Waals surface area contributed by atoms with E-state index >= 15 is 0 Å². The Morgan fingerprint density at radius 1 is 1.44 bits per heavy atom. The molecule has 1 N–H and O–H groups in total. The van der Waals surface area contributed by atoms with E-state index in [-0.39, 0.29) is 6.04 Å². The predicted molar refractivity (Wildman–Crippen MR) is 35.2 cm³/mol. The summed E-state index contributed by atoms with van der Waals surface area (Å²) in [5.74, 6) is 0. The number of nitrogens with one attached hydrogen (secondary N) is 1. The lowest BCUT2D eigenvalue weighted by atomic mass is 10.2. The Labute approximate surface area is 55.0 Å². The van der Waals surface area contributed by atoms with Crippen LogP contribution < -0.4 is 5.32 Å². The van der Waals surface area contributed by atoms with Gasteiger partial charge < -0.3 is 10.2 Å². The van der Waals surface area contributed by atoms with Gasteiger partial charge in [0.25, 0.3) is 0 Å². The summed E-state index contributed by atoms with van der Waals surface area (Å²) in [6.45, 7) is 1.30. The van der Waals surface area contributed by atoms with E-state index in [2.05, 4.69) is 5.32 Å². The van der Waals surface area contributed by atoms with Gasteiger partial charge in [-0.25, -0.2) is 4.39 Å². The fourth-order valence-corrected chi connectivity index (χ4v) is 1.14. The van der Waals surface area contributed by atoms with Gasteiger partial charge in [-0.1, -0.05) is 0 Å². The van der Waals surface area contributed by atoms with E-state index in [9.17, 15) is 4.39 Å². The maximum absolute atomic E-state index is 12.7. The molecule has 3 heteroatoms. The summed E-state index contributed by atoms with van der Waals surface area (Å²) in [5.41, 5.74) is 0. The maximum Gasteiger partial charge on any atom is 0.129 e. The summed E-state index contributed by atoms with van der Waals surface area (Å²) in [7, 11) is 3.81. The molecular formula is C6H13FN2. The highest BCUT2D eigenvalue weighted by atomic mass is 19.1. The minimum atomic E-state index is -0.681. The molecule has 1 heterocycles. The smallest absolute Gasteiger partial charge is 0.129 e. The van der Waals surface area contributed by atoms with E-state index in [1.54, 1.807) is 0 Å². The minimum absolute atomic E-state index is 0.0880. The van der Waals surface area contributed by atoms with Crippen molar-refractivity contribution in [3.05, 3.63) is 0 Å². The molecule has 1 saturated heterocycles. The quantitative estimate of drug-likeness (QED) is 0.534. The van der Waals surface area contributed by atoms with Crippen LogP contribution in [0.5, 0.6) is 0 Å². The van der Waals surface area contributed by atoms with Gasteiger partial charge in [-0.2, -0.15) is 0 Å². The van der Waals surface area contributed by atoms with Crippen molar-refractivity contribution in [2.24, 2.45) is 0 Å². The van der Waals surface area contributed by atoms with Crippen LogP contribution in [0.4, 0.5) is 4.39 Å². The molecule has 0 spiro atoms. The van der Waals surface area contributed by atoms with E-state index in [0.29, 0.717) is 6.54 Å². The van der Waals surface area contributed by atoms with Gasteiger partial charge in [0.1, 0.15) is 6.17 Å². The highest BCUT2D eigenvalue weighted by molar-refractivity contribution is 4.86. The van der Waals surface area contributed by atoms with E-state index < -0.39 is 6.17 Å². The van der Waals surface area contributed by atoms with E-state index in [1.807, 2.05) is 19.0 Å². The van der Waals surface area contributed by atoms with Crippen LogP contribution in [0, 0.1) is 0 Å². The van der Waals surface area contributed by atoms with Gasteiger partial charge in [-0.05, 0) is 14.1 Å². The lowest BCUT2D eigenvalue weighted by Crippen LogP contribution is -2.35. The Kier molecular flexibility index (Phi) is 2.03. The zero-order valence-electron chi connectivity index (χ0n) is 5.89. The molecule has 0 aromatic rings. The van der Waals surface area contributed by atoms with Gasteiger partial charge in [0.15, 0.2) is 0 Å². The number of hydrogen-bond acceptors (Lipinski definition) is 2. The largest absolute Gasteiger partial charge is 0.312 e. The molecule has 9 heavy (non-hydrogen) atoms. The first-order chi connectivity index (χ1) is 4.22. The molecular weight excluding hydrogens is 119 g/mol. The first-order valence-corrected chi connectivity index (χ1v) is 3.23. The normalized spacial score (nSPS) is 36.0. The number of nitrogens with zero attached hydrogens (tertiary/aromatic N) is 1. The molecule has 1 rings (SSSR count). The van der Waals surface area contributed by atoms with Crippen molar-refractivity contribution < 1.29 is 4.39 Å². The number of alkyl halides is 1. The summed E-state index contributed by atoms with van der Waals surface area (Å²) >= 11 is 0. The number of halogens is 1. The van der Waals surface area contributed by atoms with Crippen LogP contribution in [0.25, 0.3) is 0 Å². The average Bonchev–Trinajstić information content (AvgIpc) is 2.13. The second-order valence-electron chi connectivity index (χ2n) is 2.71. The fraction of sp³-hybridized carbons (Fsp3) is 1.00. The summed E-state index contributed by atoms with van der Waals surface area (Å²) in [6, 6.07) is 0.0880. The first kappa shape index (κ1) is 6.96. The Balaban J connectivity index is 2.40. The molecule has 0 aromatic carbocycles. The summed E-state index contributed by atoms with van der Waals surface area (Å²) in [4.78, 5) is 1.92. The van der Waals surface area contributed by atoms with Crippen LogP contribution >= 0.6 is 0 Å². The molecule has 1 aliphatic heterocycles. The Morgan fingerprint density at radius 2 is 2.11 bits per heavy atom. The van der Waals surface area contributed by atoms with Gasteiger partial charge in [0.2, 0.25) is 0 Å². The number of rotatable bonds is 1. The monoisotopic (exact) mass is 132 g/mol. The van der Waals surface area contributed by atoms with Crippen molar-refractivity contribution >= 4 is 0 Å². The number of likely N-dealkylation sites (N-methyl/N-ethyl adjacent to an activating group) is 1. The highest BCUT2D eigenvalue weighted by Crippen LogP contribution is 2.08. The zero-order chi connectivity index (χ0) is 6.85. The van der Waals surface area contributed by atoms with E-state index in [0.717, 1.165) is 6.54 Å². The van der Waals surface area contributed by atoms with Crippen molar-refractivity contribution in [3.8, 4) is 0 Å². The second kappa shape index (κ2) is 2.62. The van der Waals surface area contributed by atoms with Crippen LogP contribution in [0.2, 0.25) is 0 Å². The molecule has 54 valence electrons. The lowest BCUT2D eigenvalue weighted by Gasteiger charge is -2.19. The van der Waals surface area contributed by atoms with Crippen LogP contribution in [0.1, 0.15) is 0 Å². The molecule has 2 atom stereocenters. The third-order valence-corrected chi connectivity index (χ3v) is 1.77. The zero-order valence-corrected chi connectivity index (χ0v) is 5.89. The van der Waals surface area contributed by atoms with Crippen molar-refractivity contribution in [1.82, 2.24) is 10.2 Å².